The Kier molecular flexibility index (Phi) is 5.62. The Morgan fingerprint density at radius 2 is 2.22 bits per heavy atom. The molecule has 9 heteroatoms. The van der Waals surface area contributed by atoms with Gasteiger partial charge in [0, 0.05) is 5.69 Å². The number of anilines is 1. The van der Waals surface area contributed by atoms with Gasteiger partial charge in [0.2, 0.25) is 5.91 Å². The Hall–Kier alpha value is -2.06. The predicted molar refractivity (Wildman–Crippen MR) is 85.3 cm³/mol. The van der Waals surface area contributed by atoms with Gasteiger partial charge in [-0.2, -0.15) is 4.68 Å². The van der Waals surface area contributed by atoms with Crippen molar-refractivity contribution in [1.29, 1.82) is 0 Å². The van der Waals surface area contributed by atoms with Crippen molar-refractivity contribution in [2.45, 2.75) is 19.8 Å². The maximum Gasteiger partial charge on any atom is 0.238 e. The zero-order valence-corrected chi connectivity index (χ0v) is 13.4. The molecular formula is C14H18ClFN6O. The molecule has 1 aliphatic rings. The van der Waals surface area contributed by atoms with Crippen molar-refractivity contribution >= 4 is 24.0 Å². The van der Waals surface area contributed by atoms with E-state index in [9.17, 15) is 9.18 Å². The Morgan fingerprint density at radius 3 is 2.87 bits per heavy atom. The molecule has 0 aliphatic heterocycles. The second kappa shape index (κ2) is 7.47. The minimum Gasteiger partial charge on any atom is -0.325 e. The summed E-state index contributed by atoms with van der Waals surface area (Å²) in [6, 6.07) is 4.30. The number of carbonyl (C=O) groups excluding carboxylic acids is 1. The Labute approximate surface area is 139 Å². The van der Waals surface area contributed by atoms with Crippen molar-refractivity contribution in [1.82, 2.24) is 25.5 Å². The van der Waals surface area contributed by atoms with E-state index in [-0.39, 0.29) is 30.5 Å². The first-order chi connectivity index (χ1) is 10.6. The molecule has 0 radical (unpaired) electrons. The Bertz CT molecular complexity index is 688. The van der Waals surface area contributed by atoms with Gasteiger partial charge in [-0.15, -0.1) is 17.5 Å². The molecule has 1 fully saturated rings. The highest BCUT2D eigenvalue weighted by molar-refractivity contribution is 5.92. The number of halogens is 2. The zero-order valence-electron chi connectivity index (χ0n) is 12.6. The summed E-state index contributed by atoms with van der Waals surface area (Å²) >= 11 is 0. The van der Waals surface area contributed by atoms with Crippen molar-refractivity contribution in [2.75, 3.05) is 18.4 Å². The molecule has 2 N–H and O–H groups in total. The van der Waals surface area contributed by atoms with Gasteiger partial charge in [-0.1, -0.05) is 0 Å². The third kappa shape index (κ3) is 4.46. The molecule has 1 aromatic carbocycles. The molecule has 0 atom stereocenters. The molecule has 1 aliphatic carbocycles. The fraction of sp³-hybridized carbons (Fsp3) is 0.429. The molecule has 124 valence electrons. The highest BCUT2D eigenvalue weighted by atomic mass is 35.5. The van der Waals surface area contributed by atoms with Gasteiger partial charge in [0.05, 0.1) is 6.54 Å². The van der Waals surface area contributed by atoms with Crippen molar-refractivity contribution in [2.24, 2.45) is 5.92 Å². The monoisotopic (exact) mass is 340 g/mol. The van der Waals surface area contributed by atoms with Crippen LogP contribution in [0.25, 0.3) is 5.69 Å². The Balaban J connectivity index is 0.00000192. The van der Waals surface area contributed by atoms with Crippen LogP contribution in [0.2, 0.25) is 0 Å². The second-order valence-corrected chi connectivity index (χ2v) is 5.43. The minimum absolute atomic E-state index is 0. The maximum absolute atomic E-state index is 13.9. The van der Waals surface area contributed by atoms with Crippen LogP contribution in [0.3, 0.4) is 0 Å². The number of rotatable bonds is 6. The van der Waals surface area contributed by atoms with Crippen molar-refractivity contribution < 1.29 is 9.18 Å². The minimum atomic E-state index is -0.458. The quantitative estimate of drug-likeness (QED) is 0.832. The lowest BCUT2D eigenvalue weighted by molar-refractivity contribution is -0.115. The number of nitrogens with one attached hydrogen (secondary N) is 2. The summed E-state index contributed by atoms with van der Waals surface area (Å²) in [5.41, 5.74) is 0.704. The van der Waals surface area contributed by atoms with Gasteiger partial charge in [-0.25, -0.2) is 4.39 Å². The highest BCUT2D eigenvalue weighted by Crippen LogP contribution is 2.27. The van der Waals surface area contributed by atoms with Crippen molar-refractivity contribution in [3.63, 3.8) is 0 Å². The number of hydrogen-bond acceptors (Lipinski definition) is 5. The van der Waals surface area contributed by atoms with E-state index in [1.807, 2.05) is 0 Å². The lowest BCUT2D eigenvalue weighted by Crippen LogP contribution is -2.29. The number of nitrogens with zero attached hydrogens (tertiary/aromatic N) is 4. The summed E-state index contributed by atoms with van der Waals surface area (Å²) in [6.45, 7) is 2.78. The number of amides is 1. The molecule has 0 bridgehead atoms. The maximum atomic E-state index is 13.9. The second-order valence-electron chi connectivity index (χ2n) is 5.43. The zero-order chi connectivity index (χ0) is 15.5. The molecule has 7 nitrogen and oxygen atoms in total. The normalized spacial score (nSPS) is 13.5. The standard InChI is InChI=1S/C14H17FN6O.ClH/c1-9-18-19-20-21(9)13-6-11(4-5-12(13)15)17-14(22)8-16-7-10-2-3-10;/h4-6,10,16H,2-3,7-8H2,1H3,(H,17,22);1H. The van der Waals surface area contributed by atoms with Crippen LogP contribution in [-0.2, 0) is 4.79 Å². The van der Waals surface area contributed by atoms with E-state index in [2.05, 4.69) is 26.2 Å². The summed E-state index contributed by atoms with van der Waals surface area (Å²) in [6.07, 6.45) is 2.47. The van der Waals surface area contributed by atoms with Gasteiger partial charge >= 0.3 is 0 Å². The summed E-state index contributed by atoms with van der Waals surface area (Å²) in [5, 5.41) is 16.8. The van der Waals surface area contributed by atoms with Gasteiger partial charge in [0.1, 0.15) is 11.5 Å². The molecule has 0 spiro atoms. The van der Waals surface area contributed by atoms with Crippen molar-refractivity contribution in [3.8, 4) is 5.69 Å². The van der Waals surface area contributed by atoms with Crippen LogP contribution in [-0.4, -0.2) is 39.2 Å². The van der Waals surface area contributed by atoms with Gasteiger partial charge in [0.15, 0.2) is 5.82 Å². The van der Waals surface area contributed by atoms with Crippen LogP contribution < -0.4 is 10.6 Å². The lowest BCUT2D eigenvalue weighted by Gasteiger charge is -2.09. The molecule has 2 aromatic rings. The molecule has 1 saturated carbocycles. The number of aryl methyl sites for hydroxylation is 1. The van der Waals surface area contributed by atoms with Crippen LogP contribution in [0.5, 0.6) is 0 Å². The first kappa shape index (κ1) is 17.3. The van der Waals surface area contributed by atoms with Crippen LogP contribution in [0.4, 0.5) is 10.1 Å². The average Bonchev–Trinajstić information content (AvgIpc) is 3.21. The number of hydrogen-bond donors (Lipinski definition) is 2. The van der Waals surface area contributed by atoms with E-state index in [1.54, 1.807) is 6.92 Å². The molecule has 0 saturated heterocycles. The van der Waals surface area contributed by atoms with Gasteiger partial charge in [-0.05, 0) is 60.9 Å². The third-order valence-electron chi connectivity index (χ3n) is 3.50. The van der Waals surface area contributed by atoms with E-state index in [4.69, 9.17) is 0 Å². The number of tetrazole rings is 1. The molecule has 0 unspecified atom stereocenters. The fourth-order valence-electron chi connectivity index (χ4n) is 2.12. The van der Waals surface area contributed by atoms with Crippen LogP contribution >= 0.6 is 12.4 Å². The summed E-state index contributed by atoms with van der Waals surface area (Å²) in [4.78, 5) is 11.8. The molecule has 23 heavy (non-hydrogen) atoms. The third-order valence-corrected chi connectivity index (χ3v) is 3.50. The SMILES string of the molecule is Cc1nnnn1-c1cc(NC(=O)CNCC2CC2)ccc1F.Cl. The molecule has 3 rings (SSSR count). The van der Waals surface area contributed by atoms with Gasteiger partial charge in [0.25, 0.3) is 0 Å². The van der Waals surface area contributed by atoms with E-state index < -0.39 is 5.82 Å². The van der Waals surface area contributed by atoms with Crippen LogP contribution in [0, 0.1) is 18.7 Å². The van der Waals surface area contributed by atoms with Crippen molar-refractivity contribution in [3.05, 3.63) is 29.8 Å². The summed E-state index contributed by atoms with van der Waals surface area (Å²) < 4.78 is 15.2. The average molecular weight is 341 g/mol. The van der Waals surface area contributed by atoms with Crippen LogP contribution in [0.1, 0.15) is 18.7 Å². The summed E-state index contributed by atoms with van der Waals surface area (Å²) in [5.74, 6) is 0.563. The largest absolute Gasteiger partial charge is 0.325 e. The number of benzene rings is 1. The molecule has 1 amide bonds. The van der Waals surface area contributed by atoms with E-state index in [0.29, 0.717) is 17.4 Å². The van der Waals surface area contributed by atoms with Gasteiger partial charge in [-0.3, -0.25) is 4.79 Å². The summed E-state index contributed by atoms with van der Waals surface area (Å²) in [7, 11) is 0. The fourth-order valence-corrected chi connectivity index (χ4v) is 2.12. The van der Waals surface area contributed by atoms with Crippen LogP contribution in [0.15, 0.2) is 18.2 Å². The molecule has 1 heterocycles. The topological polar surface area (TPSA) is 84.7 Å². The number of carbonyl (C=O) groups is 1. The van der Waals surface area contributed by atoms with E-state index >= 15 is 0 Å². The first-order valence-electron chi connectivity index (χ1n) is 7.19. The smallest absolute Gasteiger partial charge is 0.238 e. The van der Waals surface area contributed by atoms with Gasteiger partial charge < -0.3 is 10.6 Å². The molecular weight excluding hydrogens is 323 g/mol. The first-order valence-corrected chi connectivity index (χ1v) is 7.19. The Morgan fingerprint density at radius 1 is 1.43 bits per heavy atom. The molecule has 1 aromatic heterocycles. The predicted octanol–water partition coefficient (Wildman–Crippen LogP) is 1.47. The number of aromatic nitrogens is 4. The lowest BCUT2D eigenvalue weighted by atomic mass is 10.2. The highest BCUT2D eigenvalue weighted by Gasteiger charge is 2.20. The van der Waals surface area contributed by atoms with E-state index in [0.717, 1.165) is 6.54 Å². The van der Waals surface area contributed by atoms with E-state index in [1.165, 1.54) is 35.7 Å².